The van der Waals surface area contributed by atoms with Crippen molar-refractivity contribution in [3.63, 3.8) is 0 Å². The Labute approximate surface area is 142 Å². The third kappa shape index (κ3) is 4.47. The van der Waals surface area contributed by atoms with Crippen LogP contribution in [0, 0.1) is 6.92 Å². The standard InChI is InChI=1S/C17H20ClNO3S/c1-4-22-17-10-9-16(11-12(17)2)23(20,21)19-13(3)14-5-7-15(18)8-6-14/h5-11,13,19H,4H2,1-3H3/t13-/m1/s1. The molecule has 1 atom stereocenters. The predicted octanol–water partition coefficient (Wildman–Crippen LogP) is 4.09. The number of hydrogen-bond donors (Lipinski definition) is 1. The van der Waals surface area contributed by atoms with Gasteiger partial charge in [-0.05, 0) is 62.2 Å². The van der Waals surface area contributed by atoms with E-state index in [0.717, 1.165) is 11.1 Å². The van der Waals surface area contributed by atoms with Crippen molar-refractivity contribution in [3.05, 3.63) is 58.6 Å². The van der Waals surface area contributed by atoms with Gasteiger partial charge in [0.25, 0.3) is 0 Å². The van der Waals surface area contributed by atoms with E-state index in [9.17, 15) is 8.42 Å². The lowest BCUT2D eigenvalue weighted by molar-refractivity contribution is 0.337. The second-order valence-corrected chi connectivity index (χ2v) is 7.41. The van der Waals surface area contributed by atoms with E-state index >= 15 is 0 Å². The van der Waals surface area contributed by atoms with E-state index in [1.165, 1.54) is 0 Å². The van der Waals surface area contributed by atoms with Crippen LogP contribution in [0.5, 0.6) is 5.75 Å². The average Bonchev–Trinajstić information content (AvgIpc) is 2.49. The molecule has 0 aliphatic heterocycles. The largest absolute Gasteiger partial charge is 0.494 e. The molecule has 23 heavy (non-hydrogen) atoms. The van der Waals surface area contributed by atoms with Crippen molar-refractivity contribution >= 4 is 21.6 Å². The highest BCUT2D eigenvalue weighted by molar-refractivity contribution is 7.89. The first-order chi connectivity index (χ1) is 10.8. The molecule has 6 heteroatoms. The zero-order valence-corrected chi connectivity index (χ0v) is 14.9. The molecule has 0 unspecified atom stereocenters. The van der Waals surface area contributed by atoms with Gasteiger partial charge in [0.2, 0.25) is 10.0 Å². The van der Waals surface area contributed by atoms with E-state index in [1.807, 2.05) is 13.8 Å². The molecule has 0 saturated carbocycles. The number of aryl methyl sites for hydroxylation is 1. The topological polar surface area (TPSA) is 55.4 Å². The smallest absolute Gasteiger partial charge is 0.241 e. The molecule has 0 bridgehead atoms. The van der Waals surface area contributed by atoms with Gasteiger partial charge in [-0.25, -0.2) is 13.1 Å². The molecule has 2 rings (SSSR count). The van der Waals surface area contributed by atoms with Gasteiger partial charge in [-0.2, -0.15) is 0 Å². The Bertz CT molecular complexity index is 773. The third-order valence-corrected chi connectivity index (χ3v) is 5.25. The minimum atomic E-state index is -3.61. The van der Waals surface area contributed by atoms with E-state index < -0.39 is 10.0 Å². The Morgan fingerprint density at radius 2 is 1.83 bits per heavy atom. The molecule has 124 valence electrons. The van der Waals surface area contributed by atoms with E-state index in [1.54, 1.807) is 49.4 Å². The lowest BCUT2D eigenvalue weighted by Gasteiger charge is -2.16. The first-order valence-electron chi connectivity index (χ1n) is 7.34. The van der Waals surface area contributed by atoms with E-state index in [-0.39, 0.29) is 10.9 Å². The van der Waals surface area contributed by atoms with Crippen molar-refractivity contribution in [3.8, 4) is 5.75 Å². The Hall–Kier alpha value is -1.56. The van der Waals surface area contributed by atoms with Gasteiger partial charge in [-0.15, -0.1) is 0 Å². The van der Waals surface area contributed by atoms with Crippen LogP contribution in [0.4, 0.5) is 0 Å². The molecule has 0 spiro atoms. The summed E-state index contributed by atoms with van der Waals surface area (Å²) >= 11 is 5.85. The van der Waals surface area contributed by atoms with Crippen LogP contribution in [0.1, 0.15) is 31.0 Å². The summed E-state index contributed by atoms with van der Waals surface area (Å²) < 4.78 is 33.2. The molecule has 0 saturated heterocycles. The quantitative estimate of drug-likeness (QED) is 0.851. The average molecular weight is 354 g/mol. The minimum absolute atomic E-state index is 0.222. The molecular weight excluding hydrogens is 334 g/mol. The summed E-state index contributed by atoms with van der Waals surface area (Å²) in [6.45, 7) is 6.05. The summed E-state index contributed by atoms with van der Waals surface area (Å²) in [7, 11) is -3.61. The predicted molar refractivity (Wildman–Crippen MR) is 92.5 cm³/mol. The molecule has 0 aliphatic rings. The molecule has 0 aromatic heterocycles. The highest BCUT2D eigenvalue weighted by atomic mass is 35.5. The number of rotatable bonds is 6. The molecule has 1 N–H and O–H groups in total. The number of benzene rings is 2. The second kappa shape index (κ2) is 7.34. The molecule has 4 nitrogen and oxygen atoms in total. The molecule has 0 fully saturated rings. The van der Waals surface area contributed by atoms with Crippen LogP contribution in [-0.4, -0.2) is 15.0 Å². The van der Waals surface area contributed by atoms with Crippen LogP contribution in [0.15, 0.2) is 47.4 Å². The zero-order chi connectivity index (χ0) is 17.0. The number of ether oxygens (including phenoxy) is 1. The Morgan fingerprint density at radius 3 is 2.39 bits per heavy atom. The van der Waals surface area contributed by atoms with Crippen LogP contribution in [0.3, 0.4) is 0 Å². The van der Waals surface area contributed by atoms with Gasteiger partial charge >= 0.3 is 0 Å². The summed E-state index contributed by atoms with van der Waals surface area (Å²) in [5.74, 6) is 0.692. The monoisotopic (exact) mass is 353 g/mol. The van der Waals surface area contributed by atoms with Crippen molar-refractivity contribution in [1.29, 1.82) is 0 Å². The lowest BCUT2D eigenvalue weighted by Crippen LogP contribution is -2.27. The summed E-state index contributed by atoms with van der Waals surface area (Å²) in [4.78, 5) is 0.222. The van der Waals surface area contributed by atoms with Crippen LogP contribution < -0.4 is 9.46 Å². The lowest BCUT2D eigenvalue weighted by atomic mass is 10.1. The normalized spacial score (nSPS) is 12.9. The number of hydrogen-bond acceptors (Lipinski definition) is 3. The van der Waals surface area contributed by atoms with Crippen molar-refractivity contribution in [1.82, 2.24) is 4.72 Å². The summed E-state index contributed by atoms with van der Waals surface area (Å²) in [5.41, 5.74) is 1.63. The zero-order valence-electron chi connectivity index (χ0n) is 13.3. The first kappa shape index (κ1) is 17.8. The molecule has 2 aromatic carbocycles. The van der Waals surface area contributed by atoms with Crippen LogP contribution in [-0.2, 0) is 10.0 Å². The molecule has 2 aromatic rings. The van der Waals surface area contributed by atoms with Crippen molar-refractivity contribution < 1.29 is 13.2 Å². The van der Waals surface area contributed by atoms with Gasteiger partial charge < -0.3 is 4.74 Å². The van der Waals surface area contributed by atoms with Gasteiger partial charge in [0.15, 0.2) is 0 Å². The van der Waals surface area contributed by atoms with Crippen molar-refractivity contribution in [2.24, 2.45) is 0 Å². The maximum atomic E-state index is 12.5. The van der Waals surface area contributed by atoms with E-state index in [0.29, 0.717) is 17.4 Å². The van der Waals surface area contributed by atoms with Gasteiger partial charge in [0, 0.05) is 11.1 Å². The Kier molecular flexibility index (Phi) is 5.68. The van der Waals surface area contributed by atoms with Crippen LogP contribution in [0.25, 0.3) is 0 Å². The number of nitrogens with one attached hydrogen (secondary N) is 1. The highest BCUT2D eigenvalue weighted by Gasteiger charge is 2.19. The molecule has 0 radical (unpaired) electrons. The fourth-order valence-corrected chi connectivity index (χ4v) is 3.67. The summed E-state index contributed by atoms with van der Waals surface area (Å²) in [5, 5.41) is 0.617. The third-order valence-electron chi connectivity index (χ3n) is 3.46. The molecule has 0 aliphatic carbocycles. The van der Waals surface area contributed by atoms with Crippen molar-refractivity contribution in [2.75, 3.05) is 6.61 Å². The van der Waals surface area contributed by atoms with Gasteiger partial charge in [-0.1, -0.05) is 23.7 Å². The van der Waals surface area contributed by atoms with Crippen LogP contribution in [0.2, 0.25) is 5.02 Å². The Balaban J connectivity index is 2.21. The molecular formula is C17H20ClNO3S. The van der Waals surface area contributed by atoms with Crippen LogP contribution >= 0.6 is 11.6 Å². The second-order valence-electron chi connectivity index (χ2n) is 5.25. The fraction of sp³-hybridized carbons (Fsp3) is 0.294. The van der Waals surface area contributed by atoms with Gasteiger partial charge in [-0.3, -0.25) is 0 Å². The summed E-state index contributed by atoms with van der Waals surface area (Å²) in [6, 6.07) is 11.6. The minimum Gasteiger partial charge on any atom is -0.494 e. The van der Waals surface area contributed by atoms with E-state index in [2.05, 4.69) is 4.72 Å². The Morgan fingerprint density at radius 1 is 1.17 bits per heavy atom. The van der Waals surface area contributed by atoms with Crippen molar-refractivity contribution in [2.45, 2.75) is 31.7 Å². The fourth-order valence-electron chi connectivity index (χ4n) is 2.23. The van der Waals surface area contributed by atoms with Gasteiger partial charge in [0.1, 0.15) is 5.75 Å². The maximum Gasteiger partial charge on any atom is 0.241 e. The summed E-state index contributed by atoms with van der Waals surface area (Å²) in [6.07, 6.45) is 0. The SMILES string of the molecule is CCOc1ccc(S(=O)(=O)N[C@H](C)c2ccc(Cl)cc2)cc1C. The van der Waals surface area contributed by atoms with Gasteiger partial charge in [0.05, 0.1) is 11.5 Å². The highest BCUT2D eigenvalue weighted by Crippen LogP contribution is 2.23. The molecule has 0 heterocycles. The number of sulfonamides is 1. The van der Waals surface area contributed by atoms with E-state index in [4.69, 9.17) is 16.3 Å². The first-order valence-corrected chi connectivity index (χ1v) is 9.21. The number of halogens is 1. The maximum absolute atomic E-state index is 12.5. The molecule has 0 amide bonds.